The summed E-state index contributed by atoms with van der Waals surface area (Å²) in [6.07, 6.45) is 7.63. The van der Waals surface area contributed by atoms with Crippen molar-refractivity contribution in [2.24, 2.45) is 51.8 Å². The van der Waals surface area contributed by atoms with Gasteiger partial charge in [-0.2, -0.15) is 0 Å². The minimum atomic E-state index is -0.718. The molecule has 6 aliphatic rings. The zero-order chi connectivity index (χ0) is 25.6. The van der Waals surface area contributed by atoms with Crippen LogP contribution in [0.4, 0.5) is 0 Å². The molecule has 0 aromatic heterocycles. The Hall–Kier alpha value is -2.43. The Morgan fingerprint density at radius 1 is 1.06 bits per heavy atom. The van der Waals surface area contributed by atoms with Crippen LogP contribution < -0.4 is 0 Å². The highest BCUT2D eigenvalue weighted by Gasteiger charge is 2.73. The van der Waals surface area contributed by atoms with Crippen LogP contribution in [0.25, 0.3) is 0 Å². The van der Waals surface area contributed by atoms with Gasteiger partial charge in [0.05, 0.1) is 23.8 Å². The van der Waals surface area contributed by atoms with E-state index in [9.17, 15) is 19.5 Å². The fourth-order valence-electron chi connectivity index (χ4n) is 9.94. The van der Waals surface area contributed by atoms with Crippen LogP contribution in [0.2, 0.25) is 0 Å². The van der Waals surface area contributed by atoms with Crippen LogP contribution >= 0.6 is 0 Å². The van der Waals surface area contributed by atoms with Gasteiger partial charge in [-0.05, 0) is 73.7 Å². The van der Waals surface area contributed by atoms with E-state index in [-0.39, 0.29) is 52.2 Å². The van der Waals surface area contributed by atoms with E-state index in [2.05, 4.69) is 26.8 Å². The monoisotopic (exact) mass is 489 g/mol. The second-order valence-corrected chi connectivity index (χ2v) is 13.2. The predicted octanol–water partition coefficient (Wildman–Crippen LogP) is 5.70. The largest absolute Gasteiger partial charge is 0.481 e. The summed E-state index contributed by atoms with van der Waals surface area (Å²) in [5.41, 5.74) is 1.14. The summed E-state index contributed by atoms with van der Waals surface area (Å²) in [5.74, 6) is -0.486. The Morgan fingerprint density at radius 3 is 2.44 bits per heavy atom. The number of carbonyl (C=O) groups excluding carboxylic acids is 2. The number of hydrogen-bond acceptors (Lipinski definition) is 3. The first kappa shape index (κ1) is 23.9. The summed E-state index contributed by atoms with van der Waals surface area (Å²) in [6.45, 7) is 9.05. The van der Waals surface area contributed by atoms with Crippen LogP contribution in [0.15, 0.2) is 42.0 Å². The van der Waals surface area contributed by atoms with Gasteiger partial charge in [0.2, 0.25) is 11.8 Å². The molecule has 2 amide bonds. The third-order valence-electron chi connectivity index (χ3n) is 11.4. The number of allylic oxidation sites excluding steroid dienone is 2. The van der Waals surface area contributed by atoms with Crippen LogP contribution in [-0.4, -0.2) is 27.8 Å². The number of hydrogen-bond donors (Lipinski definition) is 1. The summed E-state index contributed by atoms with van der Waals surface area (Å²) < 4.78 is 0. The summed E-state index contributed by atoms with van der Waals surface area (Å²) in [4.78, 5) is 42.2. The molecular formula is C31H39NO4. The Labute approximate surface area is 214 Å². The molecule has 8 atom stereocenters. The average Bonchev–Trinajstić information content (AvgIpc) is 3.11. The molecule has 36 heavy (non-hydrogen) atoms. The quantitative estimate of drug-likeness (QED) is 0.435. The van der Waals surface area contributed by atoms with Crippen molar-refractivity contribution in [3.8, 4) is 0 Å². The van der Waals surface area contributed by atoms with E-state index in [0.717, 1.165) is 44.1 Å². The number of carboxylic acids is 1. The number of carboxylic acid groups (broad SMARTS) is 1. The summed E-state index contributed by atoms with van der Waals surface area (Å²) >= 11 is 0. The number of benzene rings is 1. The minimum absolute atomic E-state index is 0.00136. The number of nitrogens with zero attached hydrogens (tertiary/aromatic N) is 1. The maximum Gasteiger partial charge on any atom is 0.309 e. The van der Waals surface area contributed by atoms with Crippen molar-refractivity contribution in [3.63, 3.8) is 0 Å². The first-order valence-electron chi connectivity index (χ1n) is 13.9. The fraction of sp³-hybridized carbons (Fsp3) is 0.645. The summed E-state index contributed by atoms with van der Waals surface area (Å²) in [7, 11) is 0. The molecule has 5 heteroatoms. The molecule has 2 bridgehead atoms. The van der Waals surface area contributed by atoms with Crippen molar-refractivity contribution in [3.05, 3.63) is 47.5 Å². The lowest BCUT2D eigenvalue weighted by Gasteiger charge is -2.68. The molecule has 1 N–H and O–H groups in total. The number of carbonyl (C=O) groups is 3. The van der Waals surface area contributed by atoms with Gasteiger partial charge in [0.25, 0.3) is 0 Å². The van der Waals surface area contributed by atoms with Crippen LogP contribution in [0.3, 0.4) is 0 Å². The highest BCUT2D eigenvalue weighted by atomic mass is 16.4. The molecule has 4 fully saturated rings. The summed E-state index contributed by atoms with van der Waals surface area (Å²) in [6, 6.07) is 9.82. The van der Waals surface area contributed by atoms with E-state index in [1.807, 2.05) is 37.3 Å². The topological polar surface area (TPSA) is 74.7 Å². The van der Waals surface area contributed by atoms with E-state index >= 15 is 0 Å². The first-order chi connectivity index (χ1) is 17.0. The lowest BCUT2D eigenvalue weighted by atomic mass is 9.34. The molecule has 1 saturated heterocycles. The van der Waals surface area contributed by atoms with Gasteiger partial charge in [0.15, 0.2) is 0 Å². The SMILES string of the molecule is CC(C)C1=C[C@@]23CC[C@@H]4[C@@](C)(CCC[C@]4(C)C(=O)O)[C@@H]2C[C@@H]1[C@@H]1C(=O)N(Cc2ccccc2)C(=O)[C@@H]13. The van der Waals surface area contributed by atoms with Crippen molar-refractivity contribution in [1.82, 2.24) is 4.90 Å². The number of amides is 2. The smallest absolute Gasteiger partial charge is 0.309 e. The number of imide groups is 1. The van der Waals surface area contributed by atoms with Gasteiger partial charge in [0, 0.05) is 5.41 Å². The molecule has 0 radical (unpaired) electrons. The second-order valence-electron chi connectivity index (χ2n) is 13.2. The minimum Gasteiger partial charge on any atom is -0.481 e. The summed E-state index contributed by atoms with van der Waals surface area (Å²) in [5, 5.41) is 10.3. The Morgan fingerprint density at radius 2 is 1.78 bits per heavy atom. The number of likely N-dealkylation sites (tertiary alicyclic amines) is 1. The van der Waals surface area contributed by atoms with E-state index in [0.29, 0.717) is 12.5 Å². The van der Waals surface area contributed by atoms with Gasteiger partial charge in [-0.3, -0.25) is 19.3 Å². The van der Waals surface area contributed by atoms with Gasteiger partial charge in [-0.1, -0.05) is 69.2 Å². The Kier molecular flexibility index (Phi) is 5.18. The molecule has 1 spiro atoms. The lowest BCUT2D eigenvalue weighted by molar-refractivity contribution is -0.194. The van der Waals surface area contributed by atoms with Gasteiger partial charge in [-0.25, -0.2) is 0 Å². The van der Waals surface area contributed by atoms with Crippen molar-refractivity contribution >= 4 is 17.8 Å². The van der Waals surface area contributed by atoms with Crippen LogP contribution in [0.1, 0.15) is 71.8 Å². The van der Waals surface area contributed by atoms with E-state index in [1.54, 1.807) is 4.90 Å². The number of fused-ring (bicyclic) bond motifs is 1. The molecule has 0 unspecified atom stereocenters. The first-order valence-corrected chi connectivity index (χ1v) is 13.9. The normalized spacial score (nSPS) is 43.2. The molecule has 5 nitrogen and oxygen atoms in total. The predicted molar refractivity (Wildman–Crippen MR) is 136 cm³/mol. The standard InChI is InChI=1S/C31H39NO4/c1-18(2)21-16-31-14-11-22-29(3,12-8-13-30(22,4)28(35)36)23(31)15-20(21)24-25(31)27(34)32(26(24)33)17-19-9-6-5-7-10-19/h5-7,9-10,16,18,20,22-25H,8,11-15,17H2,1-4H3,(H,35,36)/t20-,22+,23-,24-,25+,29+,30-,31-/m0/s1. The molecular weight excluding hydrogens is 450 g/mol. The molecule has 192 valence electrons. The molecule has 1 heterocycles. The van der Waals surface area contributed by atoms with Gasteiger partial charge >= 0.3 is 5.97 Å². The van der Waals surface area contributed by atoms with Crippen molar-refractivity contribution < 1.29 is 19.5 Å². The molecule has 7 rings (SSSR count). The van der Waals surface area contributed by atoms with E-state index < -0.39 is 11.4 Å². The third kappa shape index (κ3) is 2.92. The van der Waals surface area contributed by atoms with Crippen LogP contribution in [-0.2, 0) is 20.9 Å². The lowest BCUT2D eigenvalue weighted by Crippen LogP contribution is -2.65. The highest BCUT2D eigenvalue weighted by molar-refractivity contribution is 6.06. The van der Waals surface area contributed by atoms with Crippen molar-refractivity contribution in [1.29, 1.82) is 0 Å². The second kappa shape index (κ2) is 7.79. The molecule has 1 aliphatic heterocycles. The maximum atomic E-state index is 14.2. The van der Waals surface area contributed by atoms with Gasteiger partial charge in [-0.15, -0.1) is 0 Å². The number of rotatable bonds is 4. The van der Waals surface area contributed by atoms with E-state index in [4.69, 9.17) is 0 Å². The van der Waals surface area contributed by atoms with Crippen molar-refractivity contribution in [2.75, 3.05) is 0 Å². The average molecular weight is 490 g/mol. The third-order valence-corrected chi connectivity index (χ3v) is 11.4. The highest BCUT2D eigenvalue weighted by Crippen LogP contribution is 2.74. The zero-order valence-electron chi connectivity index (χ0n) is 22.0. The maximum absolute atomic E-state index is 14.2. The van der Waals surface area contributed by atoms with Crippen LogP contribution in [0, 0.1) is 51.8 Å². The fourth-order valence-corrected chi connectivity index (χ4v) is 9.94. The van der Waals surface area contributed by atoms with Crippen LogP contribution in [0.5, 0.6) is 0 Å². The van der Waals surface area contributed by atoms with E-state index in [1.165, 1.54) is 5.57 Å². The number of aliphatic carboxylic acids is 1. The molecule has 5 aliphatic carbocycles. The molecule has 3 saturated carbocycles. The Bertz CT molecular complexity index is 1160. The molecule has 1 aromatic rings. The Balaban J connectivity index is 1.45. The van der Waals surface area contributed by atoms with Gasteiger partial charge in [0.1, 0.15) is 0 Å². The van der Waals surface area contributed by atoms with Gasteiger partial charge < -0.3 is 5.11 Å². The van der Waals surface area contributed by atoms with Crippen molar-refractivity contribution in [2.45, 2.75) is 72.8 Å². The zero-order valence-corrected chi connectivity index (χ0v) is 22.0. The molecule has 1 aromatic carbocycles.